The average Bonchev–Trinajstić information content (AvgIpc) is 3.42. The van der Waals surface area contributed by atoms with Crippen molar-refractivity contribution < 1.29 is 37.6 Å². The van der Waals surface area contributed by atoms with E-state index in [-0.39, 0.29) is 54.0 Å². The van der Waals surface area contributed by atoms with Crippen molar-refractivity contribution in [3.05, 3.63) is 47.9 Å². The molecule has 2 saturated heterocycles. The summed E-state index contributed by atoms with van der Waals surface area (Å²) in [6.45, 7) is 14.9. The summed E-state index contributed by atoms with van der Waals surface area (Å²) in [7, 11) is 2.35. The van der Waals surface area contributed by atoms with Crippen molar-refractivity contribution in [2.45, 2.75) is 89.4 Å². The topological polar surface area (TPSA) is 126 Å². The van der Waals surface area contributed by atoms with Gasteiger partial charge >= 0.3 is 12.1 Å². The summed E-state index contributed by atoms with van der Waals surface area (Å²) in [5, 5.41) is 4.98. The van der Waals surface area contributed by atoms with E-state index >= 15 is 4.39 Å². The Kier molecular flexibility index (Phi) is 12.6. The molecular weight excluding hydrogens is 722 g/mol. The molecule has 2 atom stereocenters. The van der Waals surface area contributed by atoms with Gasteiger partial charge in [0.1, 0.15) is 31.6 Å². The van der Waals surface area contributed by atoms with Gasteiger partial charge in [-0.05, 0) is 53.1 Å². The summed E-state index contributed by atoms with van der Waals surface area (Å²) < 4.78 is 50.7. The first-order chi connectivity index (χ1) is 26.4. The van der Waals surface area contributed by atoms with E-state index in [2.05, 4.69) is 73.3 Å². The van der Waals surface area contributed by atoms with Crippen LogP contribution in [-0.4, -0.2) is 100 Å². The van der Waals surface area contributed by atoms with Crippen molar-refractivity contribution in [1.82, 2.24) is 25.2 Å². The first-order valence-corrected chi connectivity index (χ1v) is 21.1. The number of nitrogens with zero attached hydrogens (tertiary/aromatic N) is 4. The molecule has 14 heteroatoms. The molecule has 0 spiro atoms. The van der Waals surface area contributed by atoms with Crippen molar-refractivity contribution in [2.24, 2.45) is 0 Å². The number of pyridine rings is 1. The lowest BCUT2D eigenvalue weighted by Crippen LogP contribution is -2.55. The molecule has 6 rings (SSSR count). The fraction of sp³-hybridized carbons (Fsp3) is 0.512. The molecule has 2 aliphatic rings. The van der Waals surface area contributed by atoms with Crippen LogP contribution in [0.5, 0.6) is 17.6 Å². The highest BCUT2D eigenvalue weighted by Gasteiger charge is 2.42. The van der Waals surface area contributed by atoms with Crippen LogP contribution in [0.3, 0.4) is 0 Å². The van der Waals surface area contributed by atoms with Crippen LogP contribution < -0.4 is 19.5 Å². The van der Waals surface area contributed by atoms with E-state index in [4.69, 9.17) is 28.4 Å². The maximum atomic E-state index is 17.3. The summed E-state index contributed by atoms with van der Waals surface area (Å²) in [5.41, 5.74) is 6.16. The molecule has 55 heavy (non-hydrogen) atoms. The summed E-state index contributed by atoms with van der Waals surface area (Å²) in [6.07, 6.45) is 1.84. The largest absolute Gasteiger partial charge is 0.468 e. The van der Waals surface area contributed by atoms with Gasteiger partial charge < -0.3 is 33.7 Å². The molecule has 2 aromatic heterocycles. The van der Waals surface area contributed by atoms with E-state index in [1.165, 1.54) is 27.5 Å². The van der Waals surface area contributed by atoms with E-state index in [1.807, 2.05) is 24.3 Å². The Morgan fingerprint density at radius 1 is 0.982 bits per heavy atom. The Bertz CT molecular complexity index is 2050. The van der Waals surface area contributed by atoms with Crippen molar-refractivity contribution >= 4 is 35.8 Å². The van der Waals surface area contributed by atoms with Crippen LogP contribution in [0.2, 0.25) is 16.6 Å². The minimum Gasteiger partial charge on any atom is -0.468 e. The smallest absolute Gasteiger partial charge is 0.417 e. The third-order valence-corrected chi connectivity index (χ3v) is 17.4. The van der Waals surface area contributed by atoms with Crippen molar-refractivity contribution in [1.29, 1.82) is 0 Å². The molecule has 2 aliphatic heterocycles. The third kappa shape index (κ3) is 7.99. The van der Waals surface area contributed by atoms with Crippen LogP contribution in [0.1, 0.15) is 59.9 Å². The SMILES string of the molecule is COCOc1cc(-c2ncc3c(OC(=O)N4C5CCC4CNC5)nc(OCC(OC)OC)nc3c2F)c2c(C#C[Si](C(C)C)(C(C)C)C(C)C)cccc2c1. The lowest BCUT2D eigenvalue weighted by Gasteiger charge is -2.38. The van der Waals surface area contributed by atoms with Crippen LogP contribution in [0, 0.1) is 17.3 Å². The number of amides is 1. The minimum absolute atomic E-state index is 0.00318. The number of nitrogens with one attached hydrogen (secondary N) is 1. The number of aromatic nitrogens is 3. The zero-order valence-corrected chi connectivity index (χ0v) is 34.2. The van der Waals surface area contributed by atoms with Gasteiger partial charge in [-0.25, -0.2) is 9.18 Å². The van der Waals surface area contributed by atoms with E-state index in [1.54, 1.807) is 11.0 Å². The molecule has 0 saturated carbocycles. The van der Waals surface area contributed by atoms with Crippen LogP contribution in [0.4, 0.5) is 9.18 Å². The second kappa shape index (κ2) is 17.2. The maximum Gasteiger partial charge on any atom is 0.417 e. The van der Waals surface area contributed by atoms with Gasteiger partial charge in [-0.15, -0.1) is 5.54 Å². The summed E-state index contributed by atoms with van der Waals surface area (Å²) in [6, 6.07) is 9.24. The fourth-order valence-electron chi connectivity index (χ4n) is 8.44. The number of ether oxygens (including phenoxy) is 6. The van der Waals surface area contributed by atoms with Gasteiger partial charge in [-0.2, -0.15) is 9.97 Å². The molecule has 0 aliphatic carbocycles. The predicted molar refractivity (Wildman–Crippen MR) is 212 cm³/mol. The molecule has 2 unspecified atom stereocenters. The number of rotatable bonds is 13. The predicted octanol–water partition coefficient (Wildman–Crippen LogP) is 7.47. The number of halogens is 1. The Morgan fingerprint density at radius 3 is 2.31 bits per heavy atom. The molecular formula is C41H52FN5O7Si. The standard InChI is InChI=1S/C41H52FN5O7Si/c1-24(2)55(25(3)4,26(5)6)16-15-27-11-10-12-28-17-31(53-23-49-7)18-32(35(27)28)37-36(42)38-33(21-44-37)39(46-40(45-38)52-22-34(50-8)51-9)54-41(48)47-29-13-14-30(47)20-43-19-29/h10-12,17-18,21,24-26,29-30,34,43H,13-14,19-20,22-23H2,1-9H3. The fourth-order valence-corrected chi connectivity index (χ4v) is 13.7. The second-order valence-corrected chi connectivity index (χ2v) is 20.7. The first kappa shape index (κ1) is 40.3. The number of piperazine rings is 1. The lowest BCUT2D eigenvalue weighted by atomic mass is 9.96. The quantitative estimate of drug-likeness (QED) is 0.0827. The molecule has 4 aromatic rings. The molecule has 1 N–H and O–H groups in total. The monoisotopic (exact) mass is 773 g/mol. The number of hydrogen-bond acceptors (Lipinski definition) is 11. The van der Waals surface area contributed by atoms with Crippen LogP contribution in [0.15, 0.2) is 36.5 Å². The highest BCUT2D eigenvalue weighted by atomic mass is 28.3. The molecule has 12 nitrogen and oxygen atoms in total. The third-order valence-electron chi connectivity index (χ3n) is 11.1. The van der Waals surface area contributed by atoms with Gasteiger partial charge in [0, 0.05) is 69.2 Å². The van der Waals surface area contributed by atoms with Crippen LogP contribution in [0.25, 0.3) is 32.9 Å². The number of carbonyl (C=O) groups is 1. The zero-order chi connectivity index (χ0) is 39.4. The Balaban J connectivity index is 1.54. The second-order valence-electron chi connectivity index (χ2n) is 15.1. The van der Waals surface area contributed by atoms with Gasteiger partial charge in [0.2, 0.25) is 5.88 Å². The summed E-state index contributed by atoms with van der Waals surface area (Å²) in [4.78, 5) is 29.0. The minimum atomic E-state index is -2.12. The molecule has 0 radical (unpaired) electrons. The van der Waals surface area contributed by atoms with Crippen molar-refractivity contribution in [2.75, 3.05) is 47.8 Å². The molecule has 2 fully saturated rings. The highest BCUT2D eigenvalue weighted by molar-refractivity contribution is 6.90. The van der Waals surface area contributed by atoms with E-state index in [0.717, 1.165) is 29.2 Å². The van der Waals surface area contributed by atoms with E-state index in [9.17, 15) is 4.79 Å². The summed E-state index contributed by atoms with van der Waals surface area (Å²) in [5.74, 6) is 3.11. The number of benzene rings is 2. The molecule has 1 amide bonds. The van der Waals surface area contributed by atoms with Gasteiger partial charge in [0.05, 0.1) is 5.39 Å². The van der Waals surface area contributed by atoms with E-state index < -0.39 is 26.3 Å². The zero-order valence-electron chi connectivity index (χ0n) is 33.2. The van der Waals surface area contributed by atoms with Crippen LogP contribution in [-0.2, 0) is 14.2 Å². The molecule has 2 aromatic carbocycles. The Hall–Kier alpha value is -4.39. The van der Waals surface area contributed by atoms with Crippen molar-refractivity contribution in [3.8, 4) is 40.4 Å². The first-order valence-electron chi connectivity index (χ1n) is 18.9. The van der Waals surface area contributed by atoms with E-state index in [0.29, 0.717) is 41.0 Å². The number of fused-ring (bicyclic) bond motifs is 4. The van der Waals surface area contributed by atoms with Gasteiger partial charge in [0.25, 0.3) is 0 Å². The lowest BCUT2D eigenvalue weighted by molar-refractivity contribution is -0.123. The van der Waals surface area contributed by atoms with Crippen LogP contribution >= 0.6 is 0 Å². The number of carbonyl (C=O) groups excluding carboxylic acids is 1. The Labute approximate surface area is 323 Å². The van der Waals surface area contributed by atoms with Gasteiger partial charge in [0.15, 0.2) is 18.9 Å². The Morgan fingerprint density at radius 2 is 1.67 bits per heavy atom. The maximum absolute atomic E-state index is 17.3. The average molecular weight is 774 g/mol. The summed E-state index contributed by atoms with van der Waals surface area (Å²) >= 11 is 0. The molecule has 294 valence electrons. The highest BCUT2D eigenvalue weighted by Crippen LogP contribution is 2.42. The number of hydrogen-bond donors (Lipinski definition) is 1. The number of methoxy groups -OCH3 is 3. The van der Waals surface area contributed by atoms with Gasteiger partial charge in [-0.3, -0.25) is 9.88 Å². The molecule has 4 heterocycles. The normalized spacial score (nSPS) is 17.1. The van der Waals surface area contributed by atoms with Crippen molar-refractivity contribution in [3.63, 3.8) is 0 Å². The molecule has 2 bridgehead atoms. The van der Waals surface area contributed by atoms with Gasteiger partial charge in [-0.1, -0.05) is 59.6 Å².